The Kier molecular flexibility index (Phi) is 3.65. The summed E-state index contributed by atoms with van der Waals surface area (Å²) < 4.78 is 18.5. The summed E-state index contributed by atoms with van der Waals surface area (Å²) in [5.41, 5.74) is 0.964. The molecule has 0 fully saturated rings. The number of amides is 1. The van der Waals surface area contributed by atoms with E-state index in [1.807, 2.05) is 24.3 Å². The quantitative estimate of drug-likeness (QED) is 0.824. The molecule has 0 spiro atoms. The van der Waals surface area contributed by atoms with Crippen LogP contribution in [0.3, 0.4) is 0 Å². The maximum atomic E-state index is 13.5. The Balaban J connectivity index is 2.12. The van der Waals surface area contributed by atoms with Crippen molar-refractivity contribution in [2.75, 3.05) is 7.11 Å². The van der Waals surface area contributed by atoms with Gasteiger partial charge < -0.3 is 9.64 Å². The van der Waals surface area contributed by atoms with E-state index in [0.29, 0.717) is 6.54 Å². The van der Waals surface area contributed by atoms with E-state index < -0.39 is 6.04 Å². The number of benzene rings is 1. The fourth-order valence-electron chi connectivity index (χ4n) is 1.99. The van der Waals surface area contributed by atoms with Gasteiger partial charge in [-0.1, -0.05) is 12.1 Å². The van der Waals surface area contributed by atoms with Crippen LogP contribution in [0.15, 0.2) is 36.2 Å². The van der Waals surface area contributed by atoms with Gasteiger partial charge in [0.2, 0.25) is 5.91 Å². The van der Waals surface area contributed by atoms with Crippen LogP contribution in [0.25, 0.3) is 0 Å². The predicted octanol–water partition coefficient (Wildman–Crippen LogP) is 2.67. The second-order valence-electron chi connectivity index (χ2n) is 4.34. The highest BCUT2D eigenvalue weighted by Crippen LogP contribution is 2.22. The van der Waals surface area contributed by atoms with Crippen LogP contribution >= 0.6 is 0 Å². The summed E-state index contributed by atoms with van der Waals surface area (Å²) in [6.45, 7) is 2.12. The van der Waals surface area contributed by atoms with Crippen molar-refractivity contribution in [3.8, 4) is 5.75 Å². The average Bonchev–Trinajstić information content (AvgIpc) is 2.40. The molecular weight excluding hydrogens is 233 g/mol. The van der Waals surface area contributed by atoms with Crippen molar-refractivity contribution in [3.05, 3.63) is 41.7 Å². The molecule has 4 heteroatoms. The van der Waals surface area contributed by atoms with Gasteiger partial charge in [0.15, 0.2) is 0 Å². The minimum Gasteiger partial charge on any atom is -0.497 e. The Bertz CT molecular complexity index is 467. The zero-order valence-electron chi connectivity index (χ0n) is 10.5. The summed E-state index contributed by atoms with van der Waals surface area (Å²) in [7, 11) is 1.60. The highest BCUT2D eigenvalue weighted by atomic mass is 19.1. The normalized spacial score (nSPS) is 19.7. The summed E-state index contributed by atoms with van der Waals surface area (Å²) in [5, 5.41) is 0. The molecule has 0 N–H and O–H groups in total. The van der Waals surface area contributed by atoms with Crippen LogP contribution in [-0.4, -0.2) is 24.0 Å². The van der Waals surface area contributed by atoms with E-state index in [1.165, 1.54) is 6.08 Å². The molecule has 96 valence electrons. The van der Waals surface area contributed by atoms with Gasteiger partial charge in [0.25, 0.3) is 0 Å². The molecule has 1 atom stereocenters. The molecule has 0 aliphatic carbocycles. The molecule has 0 saturated carbocycles. The third kappa shape index (κ3) is 2.53. The number of hydrogen-bond acceptors (Lipinski definition) is 2. The van der Waals surface area contributed by atoms with Crippen LogP contribution in [-0.2, 0) is 11.3 Å². The molecule has 1 aromatic carbocycles. The van der Waals surface area contributed by atoms with Gasteiger partial charge >= 0.3 is 0 Å². The zero-order valence-corrected chi connectivity index (χ0v) is 10.5. The van der Waals surface area contributed by atoms with Crippen molar-refractivity contribution in [1.29, 1.82) is 0 Å². The van der Waals surface area contributed by atoms with Crippen molar-refractivity contribution in [1.82, 2.24) is 4.90 Å². The second-order valence-corrected chi connectivity index (χ2v) is 4.34. The minimum absolute atomic E-state index is 0.0419. The van der Waals surface area contributed by atoms with E-state index in [0.717, 1.165) is 11.3 Å². The largest absolute Gasteiger partial charge is 0.497 e. The molecule has 1 aliphatic rings. The van der Waals surface area contributed by atoms with E-state index in [-0.39, 0.29) is 18.2 Å². The van der Waals surface area contributed by atoms with Crippen LogP contribution in [0.2, 0.25) is 0 Å². The summed E-state index contributed by atoms with van der Waals surface area (Å²) in [6.07, 6.45) is 1.50. The van der Waals surface area contributed by atoms with Gasteiger partial charge in [0, 0.05) is 13.0 Å². The molecule has 0 saturated heterocycles. The van der Waals surface area contributed by atoms with Gasteiger partial charge in [-0.15, -0.1) is 0 Å². The van der Waals surface area contributed by atoms with E-state index in [2.05, 4.69) is 0 Å². The Morgan fingerprint density at radius 3 is 2.67 bits per heavy atom. The van der Waals surface area contributed by atoms with Crippen LogP contribution in [0.5, 0.6) is 5.75 Å². The number of ether oxygens (including phenoxy) is 1. The Morgan fingerprint density at radius 1 is 1.39 bits per heavy atom. The summed E-state index contributed by atoms with van der Waals surface area (Å²) in [6, 6.07) is 6.96. The molecule has 1 aliphatic heterocycles. The Morgan fingerprint density at radius 2 is 2.06 bits per heavy atom. The summed E-state index contributed by atoms with van der Waals surface area (Å²) >= 11 is 0. The number of halogens is 1. The number of carbonyl (C=O) groups excluding carboxylic acids is 1. The van der Waals surface area contributed by atoms with E-state index >= 15 is 0 Å². The topological polar surface area (TPSA) is 29.5 Å². The lowest BCUT2D eigenvalue weighted by Gasteiger charge is -2.31. The third-order valence-electron chi connectivity index (χ3n) is 3.17. The number of carbonyl (C=O) groups is 1. The smallest absolute Gasteiger partial charge is 0.227 e. The first kappa shape index (κ1) is 12.6. The van der Waals surface area contributed by atoms with Crippen LogP contribution in [0.1, 0.15) is 18.9 Å². The van der Waals surface area contributed by atoms with Crippen molar-refractivity contribution in [2.24, 2.45) is 0 Å². The lowest BCUT2D eigenvalue weighted by molar-refractivity contribution is -0.133. The van der Waals surface area contributed by atoms with Gasteiger partial charge in [-0.25, -0.2) is 4.39 Å². The van der Waals surface area contributed by atoms with Crippen LogP contribution in [0, 0.1) is 0 Å². The maximum Gasteiger partial charge on any atom is 0.227 e. The molecule has 1 amide bonds. The van der Waals surface area contributed by atoms with Gasteiger partial charge in [-0.2, -0.15) is 0 Å². The monoisotopic (exact) mass is 249 g/mol. The predicted molar refractivity (Wildman–Crippen MR) is 66.8 cm³/mol. The molecule has 18 heavy (non-hydrogen) atoms. The first-order chi connectivity index (χ1) is 8.61. The molecular formula is C14H16FNO2. The number of hydrogen-bond donors (Lipinski definition) is 0. The van der Waals surface area contributed by atoms with Gasteiger partial charge in [-0.3, -0.25) is 4.79 Å². The van der Waals surface area contributed by atoms with Crippen molar-refractivity contribution >= 4 is 5.91 Å². The molecule has 0 aromatic heterocycles. The Labute approximate surface area is 106 Å². The first-order valence-corrected chi connectivity index (χ1v) is 5.89. The molecule has 1 aromatic rings. The third-order valence-corrected chi connectivity index (χ3v) is 3.17. The maximum absolute atomic E-state index is 13.5. The number of rotatable bonds is 3. The number of nitrogens with zero attached hydrogens (tertiary/aromatic N) is 1. The van der Waals surface area contributed by atoms with Crippen LogP contribution in [0.4, 0.5) is 4.39 Å². The zero-order chi connectivity index (χ0) is 13.1. The standard InChI is InChI=1S/C14H16FNO2/c1-10-13(15)7-8-14(17)16(10)9-11-3-5-12(18-2)6-4-11/h3-7,10H,8-9H2,1-2H3. The SMILES string of the molecule is COc1ccc(CN2C(=O)CC=C(F)C2C)cc1. The molecule has 1 heterocycles. The lowest BCUT2D eigenvalue weighted by Crippen LogP contribution is -2.40. The van der Waals surface area contributed by atoms with Crippen molar-refractivity contribution < 1.29 is 13.9 Å². The van der Waals surface area contributed by atoms with Gasteiger partial charge in [0.05, 0.1) is 13.2 Å². The highest BCUT2D eigenvalue weighted by Gasteiger charge is 2.26. The molecule has 2 rings (SSSR count). The first-order valence-electron chi connectivity index (χ1n) is 5.89. The minimum atomic E-state index is -0.478. The fourth-order valence-corrected chi connectivity index (χ4v) is 1.99. The van der Waals surface area contributed by atoms with Crippen molar-refractivity contribution in [2.45, 2.75) is 25.9 Å². The molecule has 0 bridgehead atoms. The van der Waals surface area contributed by atoms with Crippen molar-refractivity contribution in [3.63, 3.8) is 0 Å². The van der Waals surface area contributed by atoms with E-state index in [4.69, 9.17) is 4.74 Å². The summed E-state index contributed by atoms with van der Waals surface area (Å²) in [5.74, 6) is 0.491. The molecule has 0 radical (unpaired) electrons. The average molecular weight is 249 g/mol. The second kappa shape index (κ2) is 5.21. The van der Waals surface area contributed by atoms with Gasteiger partial charge in [0.1, 0.15) is 11.6 Å². The highest BCUT2D eigenvalue weighted by molar-refractivity contribution is 5.79. The number of methoxy groups -OCH3 is 1. The molecule has 1 unspecified atom stereocenters. The van der Waals surface area contributed by atoms with E-state index in [1.54, 1.807) is 18.9 Å². The van der Waals surface area contributed by atoms with Crippen LogP contribution < -0.4 is 4.74 Å². The summed E-state index contributed by atoms with van der Waals surface area (Å²) in [4.78, 5) is 13.3. The van der Waals surface area contributed by atoms with E-state index in [9.17, 15) is 9.18 Å². The fraction of sp³-hybridized carbons (Fsp3) is 0.357. The molecule has 3 nitrogen and oxygen atoms in total. The lowest BCUT2D eigenvalue weighted by atomic mass is 10.1. The van der Waals surface area contributed by atoms with Gasteiger partial charge in [-0.05, 0) is 30.7 Å². The Hall–Kier alpha value is -1.84.